The van der Waals surface area contributed by atoms with E-state index in [1.165, 1.54) is 44.2 Å². The molecular weight excluding hydrogens is 448 g/mol. The number of hydrogen-bond acceptors (Lipinski definition) is 10. The number of thiazole rings is 2. The van der Waals surface area contributed by atoms with E-state index in [4.69, 9.17) is 19.3 Å². The molecule has 31 heavy (non-hydrogen) atoms. The quantitative estimate of drug-likeness (QED) is 0.457. The van der Waals surface area contributed by atoms with Crippen LogP contribution in [-0.2, 0) is 0 Å². The van der Waals surface area contributed by atoms with E-state index in [2.05, 4.69) is 20.6 Å². The Balaban J connectivity index is 1.73. The Hall–Kier alpha value is -3.71. The minimum atomic E-state index is -1.19. The Bertz CT molecular complexity index is 1140. The summed E-state index contributed by atoms with van der Waals surface area (Å²) in [4.78, 5) is 43.8. The van der Waals surface area contributed by atoms with Gasteiger partial charge in [0.2, 0.25) is 0 Å². The second-order valence-electron chi connectivity index (χ2n) is 5.70. The Morgan fingerprint density at radius 3 is 1.87 bits per heavy atom. The van der Waals surface area contributed by atoms with Crippen LogP contribution >= 0.6 is 22.7 Å². The number of methoxy groups -OCH3 is 3. The van der Waals surface area contributed by atoms with Gasteiger partial charge in [-0.15, -0.1) is 22.7 Å². The molecule has 0 aliphatic carbocycles. The van der Waals surface area contributed by atoms with Crippen LogP contribution in [0.15, 0.2) is 22.9 Å². The maximum Gasteiger partial charge on any atom is 0.355 e. The average molecular weight is 464 g/mol. The number of carboxylic acid groups (broad SMARTS) is 1. The number of carbonyl (C=O) groups excluding carboxylic acids is 2. The van der Waals surface area contributed by atoms with Crippen molar-refractivity contribution in [1.29, 1.82) is 0 Å². The van der Waals surface area contributed by atoms with Crippen LogP contribution in [0, 0.1) is 0 Å². The van der Waals surface area contributed by atoms with Crippen molar-refractivity contribution in [2.45, 2.75) is 0 Å². The lowest BCUT2D eigenvalue weighted by Crippen LogP contribution is -2.15. The van der Waals surface area contributed by atoms with E-state index in [0.29, 0.717) is 11.5 Å². The first-order valence-electron chi connectivity index (χ1n) is 8.43. The fourth-order valence-corrected chi connectivity index (χ4v) is 3.76. The molecular formula is C18H16N4O7S2. The van der Waals surface area contributed by atoms with E-state index in [1.54, 1.807) is 0 Å². The number of carbonyl (C=O) groups is 3. The second kappa shape index (κ2) is 9.40. The van der Waals surface area contributed by atoms with Gasteiger partial charge in [-0.25, -0.2) is 14.8 Å². The second-order valence-corrected chi connectivity index (χ2v) is 7.41. The number of carboxylic acids is 1. The summed E-state index contributed by atoms with van der Waals surface area (Å²) in [6.45, 7) is 0. The number of aromatic carboxylic acids is 1. The number of ether oxygens (including phenoxy) is 3. The monoisotopic (exact) mass is 464 g/mol. The van der Waals surface area contributed by atoms with E-state index in [1.807, 2.05) is 0 Å². The first-order valence-corrected chi connectivity index (χ1v) is 10.2. The predicted molar refractivity (Wildman–Crippen MR) is 113 cm³/mol. The molecule has 2 aromatic heterocycles. The Morgan fingerprint density at radius 2 is 1.32 bits per heavy atom. The number of benzene rings is 1. The maximum absolute atomic E-state index is 12.7. The molecule has 0 atom stereocenters. The molecule has 2 heterocycles. The van der Waals surface area contributed by atoms with Crippen LogP contribution in [0.4, 0.5) is 10.3 Å². The van der Waals surface area contributed by atoms with Crippen molar-refractivity contribution >= 4 is 50.7 Å². The fraction of sp³-hybridized carbons (Fsp3) is 0.167. The van der Waals surface area contributed by atoms with Crippen molar-refractivity contribution in [3.8, 4) is 17.2 Å². The summed E-state index contributed by atoms with van der Waals surface area (Å²) in [7, 11) is 4.32. The van der Waals surface area contributed by atoms with Crippen LogP contribution in [0.5, 0.6) is 17.2 Å². The van der Waals surface area contributed by atoms with E-state index in [-0.39, 0.29) is 33.0 Å². The third-order valence-corrected chi connectivity index (χ3v) is 5.37. The highest BCUT2D eigenvalue weighted by atomic mass is 32.1. The molecule has 0 aliphatic heterocycles. The zero-order chi connectivity index (χ0) is 22.5. The van der Waals surface area contributed by atoms with Crippen LogP contribution in [0.1, 0.15) is 31.3 Å². The minimum absolute atomic E-state index is 0.0339. The van der Waals surface area contributed by atoms with E-state index < -0.39 is 17.8 Å². The van der Waals surface area contributed by atoms with Crippen molar-refractivity contribution in [2.75, 3.05) is 32.0 Å². The van der Waals surface area contributed by atoms with Gasteiger partial charge in [0.25, 0.3) is 11.8 Å². The molecule has 162 valence electrons. The van der Waals surface area contributed by atoms with E-state index in [0.717, 1.165) is 22.7 Å². The Morgan fingerprint density at radius 1 is 0.806 bits per heavy atom. The Labute approximate surface area is 183 Å². The lowest BCUT2D eigenvalue weighted by Gasteiger charge is -2.13. The number of nitrogens with zero attached hydrogens (tertiary/aromatic N) is 2. The first kappa shape index (κ1) is 22.0. The molecule has 3 aromatic rings. The van der Waals surface area contributed by atoms with Gasteiger partial charge >= 0.3 is 5.97 Å². The van der Waals surface area contributed by atoms with E-state index >= 15 is 0 Å². The number of amides is 2. The summed E-state index contributed by atoms with van der Waals surface area (Å²) in [6.07, 6.45) is 0. The Kier molecular flexibility index (Phi) is 6.67. The summed E-state index contributed by atoms with van der Waals surface area (Å²) >= 11 is 2.01. The maximum atomic E-state index is 12.7. The molecule has 0 radical (unpaired) electrons. The molecule has 0 aliphatic rings. The van der Waals surface area contributed by atoms with Crippen LogP contribution in [-0.4, -0.2) is 54.2 Å². The lowest BCUT2D eigenvalue weighted by atomic mass is 10.1. The molecule has 0 saturated carbocycles. The molecule has 2 amide bonds. The summed E-state index contributed by atoms with van der Waals surface area (Å²) in [5.41, 5.74) is 0.0485. The molecule has 3 N–H and O–H groups in total. The standard InChI is InChI=1S/C18H16N4O7S2/c1-27-11-5-13(29-3)12(28-2)4-8(11)14(23)21-17-19-9(6-30-17)15(24)22-18-20-10(7-31-18)16(25)26/h4-7H,1-3H3,(H,25,26)(H,19,21,23)(H,20,22,24). The predicted octanol–water partition coefficient (Wildman–Crippen LogP) is 2.83. The summed E-state index contributed by atoms with van der Waals surface area (Å²) in [6, 6.07) is 2.99. The third kappa shape index (κ3) is 4.90. The first-order chi connectivity index (χ1) is 14.9. The molecule has 11 nitrogen and oxygen atoms in total. The number of nitrogens with one attached hydrogen (secondary N) is 2. The molecule has 13 heteroatoms. The van der Waals surface area contributed by atoms with Crippen LogP contribution in [0.3, 0.4) is 0 Å². The summed E-state index contributed by atoms with van der Waals surface area (Å²) in [5, 5.41) is 17.0. The van der Waals surface area contributed by atoms with Crippen LogP contribution < -0.4 is 24.8 Å². The van der Waals surface area contributed by atoms with Gasteiger partial charge in [-0.3, -0.25) is 20.2 Å². The highest BCUT2D eigenvalue weighted by Crippen LogP contribution is 2.35. The molecule has 0 spiro atoms. The molecule has 0 fully saturated rings. The summed E-state index contributed by atoms with van der Waals surface area (Å²) < 4.78 is 15.7. The van der Waals surface area contributed by atoms with Gasteiger partial charge < -0.3 is 19.3 Å². The normalized spacial score (nSPS) is 10.3. The van der Waals surface area contributed by atoms with Gasteiger partial charge in [-0.2, -0.15) is 0 Å². The number of hydrogen-bond donors (Lipinski definition) is 3. The van der Waals surface area contributed by atoms with Crippen molar-refractivity contribution in [3.05, 3.63) is 39.8 Å². The zero-order valence-corrected chi connectivity index (χ0v) is 18.1. The topological polar surface area (TPSA) is 149 Å². The van der Waals surface area contributed by atoms with Gasteiger partial charge in [0, 0.05) is 22.9 Å². The summed E-state index contributed by atoms with van der Waals surface area (Å²) in [5.74, 6) is -1.30. The van der Waals surface area contributed by atoms with Gasteiger partial charge in [-0.05, 0) is 0 Å². The molecule has 0 unspecified atom stereocenters. The van der Waals surface area contributed by atoms with Gasteiger partial charge in [-0.1, -0.05) is 0 Å². The molecule has 0 saturated heterocycles. The highest BCUT2D eigenvalue weighted by molar-refractivity contribution is 7.14. The van der Waals surface area contributed by atoms with Gasteiger partial charge in [0.05, 0.1) is 26.9 Å². The van der Waals surface area contributed by atoms with Gasteiger partial charge in [0.1, 0.15) is 11.4 Å². The van der Waals surface area contributed by atoms with E-state index in [9.17, 15) is 14.4 Å². The average Bonchev–Trinajstić information content (AvgIpc) is 3.42. The van der Waals surface area contributed by atoms with Gasteiger partial charge in [0.15, 0.2) is 27.5 Å². The lowest BCUT2D eigenvalue weighted by molar-refractivity contribution is 0.0690. The zero-order valence-electron chi connectivity index (χ0n) is 16.4. The minimum Gasteiger partial charge on any atom is -0.496 e. The van der Waals surface area contributed by atoms with Crippen LogP contribution in [0.2, 0.25) is 0 Å². The molecule has 1 aromatic carbocycles. The number of anilines is 2. The van der Waals surface area contributed by atoms with Crippen molar-refractivity contribution in [3.63, 3.8) is 0 Å². The van der Waals surface area contributed by atoms with Crippen molar-refractivity contribution in [1.82, 2.24) is 9.97 Å². The fourth-order valence-electron chi connectivity index (χ4n) is 2.40. The third-order valence-electron chi connectivity index (χ3n) is 3.85. The number of aromatic nitrogens is 2. The molecule has 0 bridgehead atoms. The smallest absolute Gasteiger partial charge is 0.355 e. The molecule has 3 rings (SSSR count). The van der Waals surface area contributed by atoms with Crippen LogP contribution in [0.25, 0.3) is 0 Å². The highest BCUT2D eigenvalue weighted by Gasteiger charge is 2.20. The van der Waals surface area contributed by atoms with Crippen molar-refractivity contribution < 1.29 is 33.7 Å². The van der Waals surface area contributed by atoms with Crippen molar-refractivity contribution in [2.24, 2.45) is 0 Å². The largest absolute Gasteiger partial charge is 0.496 e. The number of rotatable bonds is 8. The SMILES string of the molecule is COc1cc(OC)c(C(=O)Nc2nc(C(=O)Nc3nc(C(=O)O)cs3)cs2)cc1OC.